The van der Waals surface area contributed by atoms with Gasteiger partial charge in [0, 0.05) is 65.8 Å². The molecule has 12 aromatic carbocycles. The highest BCUT2D eigenvalue weighted by Gasteiger charge is 2.24. The normalized spacial score (nSPS) is 11.9. The Morgan fingerprint density at radius 2 is 0.447 bits per heavy atom. The maximum absolute atomic E-state index is 2.49. The smallest absolute Gasteiger partial charge is 0.0788 e. The van der Waals surface area contributed by atoms with Crippen LogP contribution < -0.4 is 0 Å². The Kier molecular flexibility index (Phi) is 9.30. The standard InChI is InChI=1S/C72H46N4/c1-4-17-47(18-5-1)52-35-44-68-64(46-52)63-43-42-62-58-26-11-14-29-66(58)74(54-23-8-3-9-24-54)71(62)72(63)76(68)56-38-33-49(34-39-56)51-20-16-19-50(45-51)48-31-36-55(37-32-48)75-67-30-15-12-27-59(67)61-41-40-60-57-25-10-13-28-65(57)73(69(60)70(61)75)53-21-6-2-7-22-53/h1-46H. The van der Waals surface area contributed by atoms with E-state index in [1.807, 2.05) is 0 Å². The van der Waals surface area contributed by atoms with Crippen LogP contribution in [0, 0.1) is 0 Å². The summed E-state index contributed by atoms with van der Waals surface area (Å²) in [5, 5.41) is 9.91. The van der Waals surface area contributed by atoms with Gasteiger partial charge in [-0.2, -0.15) is 0 Å². The van der Waals surface area contributed by atoms with E-state index in [2.05, 4.69) is 297 Å². The molecule has 0 aliphatic carbocycles. The first-order chi connectivity index (χ1) is 37.7. The average Bonchev–Trinajstić information content (AvgIpc) is 4.26. The zero-order valence-electron chi connectivity index (χ0n) is 41.3. The lowest BCUT2D eigenvalue weighted by molar-refractivity contribution is 1.15. The highest BCUT2D eigenvalue weighted by Crippen LogP contribution is 2.45. The molecule has 354 valence electrons. The molecule has 16 aromatic rings. The van der Waals surface area contributed by atoms with Crippen LogP contribution in [0.3, 0.4) is 0 Å². The van der Waals surface area contributed by atoms with Crippen LogP contribution in [0.25, 0.3) is 143 Å². The van der Waals surface area contributed by atoms with Gasteiger partial charge in [0.1, 0.15) is 0 Å². The first-order valence-corrected chi connectivity index (χ1v) is 26.2. The third kappa shape index (κ3) is 6.31. The molecular weight excluding hydrogens is 921 g/mol. The van der Waals surface area contributed by atoms with Gasteiger partial charge in [-0.3, -0.25) is 0 Å². The number of rotatable bonds is 7. The Bertz CT molecular complexity index is 4940. The summed E-state index contributed by atoms with van der Waals surface area (Å²) in [6, 6.07) is 102. The van der Waals surface area contributed by atoms with E-state index in [0.717, 1.165) is 22.7 Å². The lowest BCUT2D eigenvalue weighted by Crippen LogP contribution is -1.98. The van der Waals surface area contributed by atoms with Gasteiger partial charge in [-0.25, -0.2) is 0 Å². The molecule has 0 fully saturated rings. The molecular formula is C72H46N4. The van der Waals surface area contributed by atoms with Crippen LogP contribution in [0.2, 0.25) is 0 Å². The van der Waals surface area contributed by atoms with Gasteiger partial charge in [0.2, 0.25) is 0 Å². The van der Waals surface area contributed by atoms with E-state index in [1.54, 1.807) is 0 Å². The number of hydrogen-bond donors (Lipinski definition) is 0. The van der Waals surface area contributed by atoms with Crippen LogP contribution in [0.5, 0.6) is 0 Å². The average molecular weight is 967 g/mol. The fourth-order valence-corrected chi connectivity index (χ4v) is 12.6. The molecule has 4 heteroatoms. The largest absolute Gasteiger partial charge is 0.307 e. The molecule has 0 saturated heterocycles. The summed E-state index contributed by atoms with van der Waals surface area (Å²) in [4.78, 5) is 0. The van der Waals surface area contributed by atoms with Crippen LogP contribution in [-0.4, -0.2) is 18.3 Å². The Morgan fingerprint density at radius 3 is 0.868 bits per heavy atom. The van der Waals surface area contributed by atoms with E-state index in [9.17, 15) is 0 Å². The van der Waals surface area contributed by atoms with E-state index >= 15 is 0 Å². The van der Waals surface area contributed by atoms with Gasteiger partial charge >= 0.3 is 0 Å². The van der Waals surface area contributed by atoms with E-state index in [1.165, 1.54) is 121 Å². The van der Waals surface area contributed by atoms with Crippen LogP contribution in [0.15, 0.2) is 279 Å². The second-order valence-corrected chi connectivity index (χ2v) is 20.1. The van der Waals surface area contributed by atoms with Crippen molar-refractivity contribution in [1.29, 1.82) is 0 Å². The van der Waals surface area contributed by atoms with Gasteiger partial charge in [0.25, 0.3) is 0 Å². The molecule has 0 radical (unpaired) electrons. The zero-order chi connectivity index (χ0) is 49.8. The van der Waals surface area contributed by atoms with Crippen LogP contribution in [0.4, 0.5) is 0 Å². The van der Waals surface area contributed by atoms with E-state index in [-0.39, 0.29) is 0 Å². The van der Waals surface area contributed by atoms with Crippen molar-refractivity contribution in [2.45, 2.75) is 0 Å². The highest BCUT2D eigenvalue weighted by molar-refractivity contribution is 6.25. The Labute approximate surface area is 438 Å². The van der Waals surface area contributed by atoms with Crippen molar-refractivity contribution in [3.8, 4) is 56.1 Å². The molecule has 0 N–H and O–H groups in total. The number of benzene rings is 12. The van der Waals surface area contributed by atoms with Crippen molar-refractivity contribution in [2.24, 2.45) is 0 Å². The third-order valence-corrected chi connectivity index (χ3v) is 15.9. The Hall–Kier alpha value is -10.2. The van der Waals surface area contributed by atoms with Crippen molar-refractivity contribution in [3.05, 3.63) is 279 Å². The fourth-order valence-electron chi connectivity index (χ4n) is 12.6. The monoisotopic (exact) mass is 966 g/mol. The highest BCUT2D eigenvalue weighted by atomic mass is 15.1. The van der Waals surface area contributed by atoms with Gasteiger partial charge in [0.05, 0.1) is 44.1 Å². The number of nitrogens with zero attached hydrogens (tertiary/aromatic N) is 4. The molecule has 4 heterocycles. The van der Waals surface area contributed by atoms with Gasteiger partial charge < -0.3 is 18.3 Å². The Morgan fingerprint density at radius 1 is 0.158 bits per heavy atom. The summed E-state index contributed by atoms with van der Waals surface area (Å²) in [6.07, 6.45) is 0. The minimum absolute atomic E-state index is 1.12. The molecule has 0 aliphatic rings. The second-order valence-electron chi connectivity index (χ2n) is 20.1. The topological polar surface area (TPSA) is 19.7 Å². The quantitative estimate of drug-likeness (QED) is 0.152. The van der Waals surface area contributed by atoms with Crippen LogP contribution in [0.1, 0.15) is 0 Å². The fraction of sp³-hybridized carbons (Fsp3) is 0. The van der Waals surface area contributed by atoms with Gasteiger partial charge in [-0.1, -0.05) is 194 Å². The van der Waals surface area contributed by atoms with Crippen LogP contribution >= 0.6 is 0 Å². The first kappa shape index (κ1) is 42.4. The summed E-state index contributed by atoms with van der Waals surface area (Å²) in [7, 11) is 0. The second kappa shape index (κ2) is 16.7. The summed E-state index contributed by atoms with van der Waals surface area (Å²) in [5.41, 5.74) is 21.2. The third-order valence-electron chi connectivity index (χ3n) is 15.9. The van der Waals surface area contributed by atoms with Crippen molar-refractivity contribution in [3.63, 3.8) is 0 Å². The lowest BCUT2D eigenvalue weighted by Gasteiger charge is -2.14. The van der Waals surface area contributed by atoms with Crippen LogP contribution in [-0.2, 0) is 0 Å². The summed E-state index contributed by atoms with van der Waals surface area (Å²) in [5.74, 6) is 0. The maximum Gasteiger partial charge on any atom is 0.0788 e. The van der Waals surface area contributed by atoms with E-state index < -0.39 is 0 Å². The maximum atomic E-state index is 2.49. The van der Waals surface area contributed by atoms with Gasteiger partial charge in [0.15, 0.2) is 0 Å². The summed E-state index contributed by atoms with van der Waals surface area (Å²) >= 11 is 0. The predicted octanol–water partition coefficient (Wildman–Crippen LogP) is 19.1. The number of fused-ring (bicyclic) bond motifs is 14. The van der Waals surface area contributed by atoms with Crippen molar-refractivity contribution in [1.82, 2.24) is 18.3 Å². The van der Waals surface area contributed by atoms with Gasteiger partial charge in [-0.15, -0.1) is 0 Å². The molecule has 0 unspecified atom stereocenters. The summed E-state index contributed by atoms with van der Waals surface area (Å²) in [6.45, 7) is 0. The summed E-state index contributed by atoms with van der Waals surface area (Å²) < 4.78 is 9.87. The van der Waals surface area contributed by atoms with Crippen molar-refractivity contribution < 1.29 is 0 Å². The molecule has 0 spiro atoms. The minimum Gasteiger partial charge on any atom is -0.307 e. The Balaban J connectivity index is 0.817. The van der Waals surface area contributed by atoms with Crippen molar-refractivity contribution >= 4 is 87.2 Å². The number of aromatic nitrogens is 4. The molecule has 0 aliphatic heterocycles. The molecule has 0 saturated carbocycles. The lowest BCUT2D eigenvalue weighted by atomic mass is 9.98. The molecule has 0 atom stereocenters. The SMILES string of the molecule is c1ccc(-c2ccc3c(c2)c2ccc4c5ccccc5n(-c5ccccc5)c4c2n3-c2ccc(-c3cccc(-c4ccc(-n5c6ccccc6c6ccc7c8ccccc8n(-c8ccccc8)c7c65)cc4)c3)cc2)cc1. The van der Waals surface area contributed by atoms with E-state index in [0.29, 0.717) is 0 Å². The van der Waals surface area contributed by atoms with E-state index in [4.69, 9.17) is 0 Å². The molecule has 4 aromatic heterocycles. The molecule has 0 amide bonds. The number of para-hydroxylation sites is 5. The molecule has 16 rings (SSSR count). The van der Waals surface area contributed by atoms with Gasteiger partial charge in [-0.05, 0) is 118 Å². The molecule has 76 heavy (non-hydrogen) atoms. The molecule has 0 bridgehead atoms. The molecule has 4 nitrogen and oxygen atoms in total. The number of hydrogen-bond acceptors (Lipinski definition) is 0. The zero-order valence-corrected chi connectivity index (χ0v) is 41.3. The first-order valence-electron chi connectivity index (χ1n) is 26.2. The minimum atomic E-state index is 1.12. The van der Waals surface area contributed by atoms with Crippen molar-refractivity contribution in [2.75, 3.05) is 0 Å². The predicted molar refractivity (Wildman–Crippen MR) is 320 cm³/mol.